The lowest BCUT2D eigenvalue weighted by Gasteiger charge is -2.21. The van der Waals surface area contributed by atoms with Gasteiger partial charge in [0.2, 0.25) is 15.9 Å². The molecule has 0 radical (unpaired) electrons. The van der Waals surface area contributed by atoms with E-state index in [-0.39, 0.29) is 16.8 Å². The van der Waals surface area contributed by atoms with Crippen molar-refractivity contribution in [2.45, 2.75) is 37.2 Å². The van der Waals surface area contributed by atoms with Crippen molar-refractivity contribution in [1.29, 1.82) is 0 Å². The number of amides is 1. The van der Waals surface area contributed by atoms with Crippen molar-refractivity contribution < 1.29 is 13.2 Å². The van der Waals surface area contributed by atoms with Gasteiger partial charge in [-0.15, -0.1) is 0 Å². The van der Waals surface area contributed by atoms with E-state index >= 15 is 0 Å². The molecule has 1 fully saturated rings. The quantitative estimate of drug-likeness (QED) is 0.871. The molecule has 7 heteroatoms. The number of sulfonamides is 1. The lowest BCUT2D eigenvalue weighted by atomic mass is 10.3. The molecule has 1 aliphatic rings. The molecule has 0 aliphatic heterocycles. The van der Waals surface area contributed by atoms with Crippen LogP contribution in [0, 0.1) is 0 Å². The van der Waals surface area contributed by atoms with Gasteiger partial charge in [0.25, 0.3) is 0 Å². The van der Waals surface area contributed by atoms with Gasteiger partial charge >= 0.3 is 0 Å². The van der Waals surface area contributed by atoms with Gasteiger partial charge in [0.1, 0.15) is 0 Å². The fraction of sp³-hybridized carbons (Fsp3) is 0.312. The first-order valence-electron chi connectivity index (χ1n) is 7.37. The predicted molar refractivity (Wildman–Crippen MR) is 90.8 cm³/mol. The zero-order valence-corrected chi connectivity index (χ0v) is 14.4. The van der Waals surface area contributed by atoms with Crippen LogP contribution in [-0.4, -0.2) is 24.7 Å². The van der Waals surface area contributed by atoms with E-state index in [1.165, 1.54) is 6.92 Å². The lowest BCUT2D eigenvalue weighted by Crippen LogP contribution is -2.32. The first-order valence-corrected chi connectivity index (χ1v) is 9.75. The number of hydrogen-bond acceptors (Lipinski definition) is 4. The van der Waals surface area contributed by atoms with Gasteiger partial charge in [-0.3, -0.25) is 4.79 Å². The van der Waals surface area contributed by atoms with Gasteiger partial charge in [0, 0.05) is 25.2 Å². The molecule has 1 aromatic carbocycles. The van der Waals surface area contributed by atoms with Crippen LogP contribution in [0.5, 0.6) is 0 Å². The summed E-state index contributed by atoms with van der Waals surface area (Å²) in [4.78, 5) is 11.3. The number of nitrogens with one attached hydrogen (secondary N) is 1. The molecule has 1 saturated carbocycles. The van der Waals surface area contributed by atoms with Crippen molar-refractivity contribution in [3.63, 3.8) is 0 Å². The molecule has 122 valence electrons. The van der Waals surface area contributed by atoms with Gasteiger partial charge in [-0.2, -0.15) is 15.6 Å². The number of thiophene rings is 1. The minimum atomic E-state index is -3.53. The van der Waals surface area contributed by atoms with E-state index in [4.69, 9.17) is 0 Å². The first kappa shape index (κ1) is 16.2. The number of rotatable bonds is 6. The van der Waals surface area contributed by atoms with Crippen LogP contribution in [0.2, 0.25) is 0 Å². The molecule has 1 amide bonds. The van der Waals surface area contributed by atoms with E-state index in [1.54, 1.807) is 39.9 Å². The first-order chi connectivity index (χ1) is 11.0. The molecular weight excluding hydrogens is 332 g/mol. The second kappa shape index (κ2) is 6.43. The Morgan fingerprint density at radius 3 is 2.48 bits per heavy atom. The second-order valence-corrected chi connectivity index (χ2v) is 8.29. The maximum absolute atomic E-state index is 12.9. The molecule has 1 N–H and O–H groups in total. The molecular formula is C16H18N2O3S2. The third-order valence-corrected chi connectivity index (χ3v) is 6.30. The van der Waals surface area contributed by atoms with Crippen LogP contribution < -0.4 is 5.32 Å². The number of hydrogen-bond donors (Lipinski definition) is 1. The molecule has 3 rings (SSSR count). The normalized spacial score (nSPS) is 14.9. The van der Waals surface area contributed by atoms with Gasteiger partial charge in [0.05, 0.1) is 4.90 Å². The molecule has 1 aliphatic carbocycles. The Morgan fingerprint density at radius 2 is 1.96 bits per heavy atom. The fourth-order valence-corrected chi connectivity index (χ4v) is 4.72. The Kier molecular flexibility index (Phi) is 4.52. The average molecular weight is 350 g/mol. The Bertz CT molecular complexity index is 779. The van der Waals surface area contributed by atoms with Crippen molar-refractivity contribution in [1.82, 2.24) is 4.31 Å². The van der Waals surface area contributed by atoms with Gasteiger partial charge in [0.15, 0.2) is 0 Å². The van der Waals surface area contributed by atoms with Crippen molar-refractivity contribution >= 4 is 33.0 Å². The van der Waals surface area contributed by atoms with E-state index in [2.05, 4.69) is 5.32 Å². The third-order valence-electron chi connectivity index (χ3n) is 3.65. The Hall–Kier alpha value is -1.70. The second-order valence-electron chi connectivity index (χ2n) is 5.62. The van der Waals surface area contributed by atoms with E-state index in [1.807, 2.05) is 16.8 Å². The summed E-state index contributed by atoms with van der Waals surface area (Å²) in [5.41, 5.74) is 1.60. The monoisotopic (exact) mass is 350 g/mol. The molecule has 2 aromatic rings. The van der Waals surface area contributed by atoms with Crippen LogP contribution in [0.3, 0.4) is 0 Å². The third kappa shape index (κ3) is 3.80. The number of nitrogens with zero attached hydrogens (tertiary/aromatic N) is 1. The molecule has 23 heavy (non-hydrogen) atoms. The van der Waals surface area contributed by atoms with Crippen molar-refractivity contribution in [2.24, 2.45) is 0 Å². The molecule has 0 atom stereocenters. The summed E-state index contributed by atoms with van der Waals surface area (Å²) in [5, 5.41) is 6.57. The number of carbonyl (C=O) groups is 1. The summed E-state index contributed by atoms with van der Waals surface area (Å²) in [6, 6.07) is 8.37. The Morgan fingerprint density at radius 1 is 1.26 bits per heavy atom. The molecule has 1 heterocycles. The zero-order chi connectivity index (χ0) is 16.4. The van der Waals surface area contributed by atoms with Gasteiger partial charge in [-0.25, -0.2) is 8.42 Å². The number of benzene rings is 1. The summed E-state index contributed by atoms with van der Waals surface area (Å²) in [7, 11) is -3.53. The van der Waals surface area contributed by atoms with E-state index in [9.17, 15) is 13.2 Å². The van der Waals surface area contributed by atoms with Crippen molar-refractivity contribution in [3.05, 3.63) is 46.7 Å². The predicted octanol–water partition coefficient (Wildman–Crippen LogP) is 3.06. The average Bonchev–Trinajstić information content (AvgIpc) is 3.20. The van der Waals surface area contributed by atoms with Gasteiger partial charge < -0.3 is 5.32 Å². The molecule has 5 nitrogen and oxygen atoms in total. The van der Waals surface area contributed by atoms with Crippen LogP contribution in [0.25, 0.3) is 0 Å². The van der Waals surface area contributed by atoms with Crippen LogP contribution in [0.15, 0.2) is 46.0 Å². The van der Waals surface area contributed by atoms with E-state index in [0.29, 0.717) is 12.2 Å². The molecule has 0 bridgehead atoms. The SMILES string of the molecule is CC(=O)Nc1ccc(S(=O)(=O)N(Cc2ccsc2)C2CC2)cc1. The zero-order valence-electron chi connectivity index (χ0n) is 12.7. The summed E-state index contributed by atoms with van der Waals surface area (Å²) >= 11 is 1.57. The highest BCUT2D eigenvalue weighted by molar-refractivity contribution is 7.89. The summed E-state index contributed by atoms with van der Waals surface area (Å²) < 4.78 is 27.4. The van der Waals surface area contributed by atoms with Gasteiger partial charge in [-0.05, 0) is 59.5 Å². The summed E-state index contributed by atoms with van der Waals surface area (Å²) in [6.45, 7) is 1.82. The van der Waals surface area contributed by atoms with Crippen LogP contribution >= 0.6 is 11.3 Å². The minimum absolute atomic E-state index is 0.0925. The Labute approximate surface area is 140 Å². The maximum atomic E-state index is 12.9. The Balaban J connectivity index is 1.84. The smallest absolute Gasteiger partial charge is 0.243 e. The minimum Gasteiger partial charge on any atom is -0.326 e. The number of anilines is 1. The molecule has 0 unspecified atom stereocenters. The fourth-order valence-electron chi connectivity index (χ4n) is 2.38. The van der Waals surface area contributed by atoms with Crippen molar-refractivity contribution in [2.75, 3.05) is 5.32 Å². The number of carbonyl (C=O) groups excluding carboxylic acids is 1. The van der Waals surface area contributed by atoms with Gasteiger partial charge in [-0.1, -0.05) is 0 Å². The highest BCUT2D eigenvalue weighted by Crippen LogP contribution is 2.34. The maximum Gasteiger partial charge on any atom is 0.243 e. The topological polar surface area (TPSA) is 66.5 Å². The molecule has 0 spiro atoms. The van der Waals surface area contributed by atoms with Crippen LogP contribution in [0.1, 0.15) is 25.3 Å². The highest BCUT2D eigenvalue weighted by Gasteiger charge is 2.38. The lowest BCUT2D eigenvalue weighted by molar-refractivity contribution is -0.114. The highest BCUT2D eigenvalue weighted by atomic mass is 32.2. The van der Waals surface area contributed by atoms with E-state index in [0.717, 1.165) is 18.4 Å². The molecule has 0 saturated heterocycles. The van der Waals surface area contributed by atoms with Crippen LogP contribution in [-0.2, 0) is 21.4 Å². The van der Waals surface area contributed by atoms with Crippen LogP contribution in [0.4, 0.5) is 5.69 Å². The van der Waals surface area contributed by atoms with Crippen molar-refractivity contribution in [3.8, 4) is 0 Å². The summed E-state index contributed by atoms with van der Waals surface area (Å²) in [6.07, 6.45) is 1.82. The largest absolute Gasteiger partial charge is 0.326 e. The standard InChI is InChI=1S/C16H18N2O3S2/c1-12(19)17-14-2-6-16(7-3-14)23(20,21)18(15-4-5-15)10-13-8-9-22-11-13/h2-3,6-9,11,15H,4-5,10H2,1H3,(H,17,19). The summed E-state index contributed by atoms with van der Waals surface area (Å²) in [5.74, 6) is -0.183. The van der Waals surface area contributed by atoms with E-state index < -0.39 is 10.0 Å². The molecule has 1 aromatic heterocycles.